The summed E-state index contributed by atoms with van der Waals surface area (Å²) in [7, 11) is 1.52. The fourth-order valence-electron chi connectivity index (χ4n) is 1.38. The predicted molar refractivity (Wildman–Crippen MR) is 56.7 cm³/mol. The number of rotatable bonds is 1. The zero-order chi connectivity index (χ0) is 10.9. The Labute approximate surface area is 88.8 Å². The molecule has 78 valence electrons. The van der Waals surface area contributed by atoms with E-state index in [0.29, 0.717) is 16.3 Å². The highest BCUT2D eigenvalue weighted by Gasteiger charge is 2.23. The molecule has 0 fully saturated rings. The van der Waals surface area contributed by atoms with E-state index in [1.54, 1.807) is 0 Å². The van der Waals surface area contributed by atoms with E-state index in [1.807, 2.05) is 20.8 Å². The van der Waals surface area contributed by atoms with Crippen molar-refractivity contribution in [1.82, 2.24) is 0 Å². The molecule has 0 bridgehead atoms. The molecule has 0 heterocycles. The number of ether oxygens (including phenoxy) is 1. The van der Waals surface area contributed by atoms with Crippen molar-refractivity contribution < 1.29 is 9.13 Å². The van der Waals surface area contributed by atoms with E-state index in [4.69, 9.17) is 16.3 Å². The zero-order valence-electron chi connectivity index (χ0n) is 8.82. The van der Waals surface area contributed by atoms with E-state index in [0.717, 1.165) is 0 Å². The summed E-state index contributed by atoms with van der Waals surface area (Å²) in [6.07, 6.45) is 0. The van der Waals surface area contributed by atoms with Crippen molar-refractivity contribution in [3.05, 3.63) is 28.5 Å². The second kappa shape index (κ2) is 3.77. The van der Waals surface area contributed by atoms with Crippen LogP contribution in [0.1, 0.15) is 26.3 Å². The van der Waals surface area contributed by atoms with E-state index >= 15 is 0 Å². The van der Waals surface area contributed by atoms with Gasteiger partial charge in [-0.3, -0.25) is 0 Å². The first kappa shape index (κ1) is 11.3. The molecule has 0 saturated heterocycles. The molecule has 0 aliphatic rings. The molecule has 3 heteroatoms. The molecule has 0 spiro atoms. The van der Waals surface area contributed by atoms with Gasteiger partial charge in [0.2, 0.25) is 0 Å². The van der Waals surface area contributed by atoms with Crippen LogP contribution < -0.4 is 4.74 Å². The van der Waals surface area contributed by atoms with Gasteiger partial charge in [-0.15, -0.1) is 0 Å². The fourth-order valence-corrected chi connectivity index (χ4v) is 1.89. The van der Waals surface area contributed by atoms with E-state index in [2.05, 4.69) is 0 Å². The predicted octanol–water partition coefficient (Wildman–Crippen LogP) is 3.79. The van der Waals surface area contributed by atoms with Crippen LogP contribution in [0.5, 0.6) is 5.75 Å². The minimum atomic E-state index is -0.324. The van der Waals surface area contributed by atoms with Gasteiger partial charge in [-0.05, 0) is 17.5 Å². The first-order valence-electron chi connectivity index (χ1n) is 4.40. The Hall–Kier alpha value is -0.760. The van der Waals surface area contributed by atoms with Crippen LogP contribution in [0, 0.1) is 5.82 Å². The topological polar surface area (TPSA) is 9.23 Å². The first-order valence-corrected chi connectivity index (χ1v) is 4.78. The summed E-state index contributed by atoms with van der Waals surface area (Å²) in [5.74, 6) is 0.223. The maximum absolute atomic E-state index is 13.5. The molecule has 1 aromatic carbocycles. The highest BCUT2D eigenvalue weighted by molar-refractivity contribution is 6.33. The third kappa shape index (κ3) is 2.01. The number of benzene rings is 1. The summed E-state index contributed by atoms with van der Waals surface area (Å²) in [6.45, 7) is 5.74. The molecule has 0 saturated carbocycles. The van der Waals surface area contributed by atoms with Crippen LogP contribution in [0.3, 0.4) is 0 Å². The average Bonchev–Trinajstić information content (AvgIpc) is 2.02. The van der Waals surface area contributed by atoms with Gasteiger partial charge in [0.1, 0.15) is 11.6 Å². The Morgan fingerprint density at radius 2 is 1.86 bits per heavy atom. The van der Waals surface area contributed by atoms with Crippen molar-refractivity contribution in [2.45, 2.75) is 26.2 Å². The summed E-state index contributed by atoms with van der Waals surface area (Å²) < 4.78 is 18.6. The molecule has 0 atom stereocenters. The zero-order valence-corrected chi connectivity index (χ0v) is 9.57. The molecule has 0 amide bonds. The average molecular weight is 217 g/mol. The lowest BCUT2D eigenvalue weighted by molar-refractivity contribution is 0.410. The number of methoxy groups -OCH3 is 1. The lowest BCUT2D eigenvalue weighted by atomic mass is 9.86. The molecule has 1 rings (SSSR count). The molecule has 1 aromatic rings. The Morgan fingerprint density at radius 3 is 2.29 bits per heavy atom. The van der Waals surface area contributed by atoms with Crippen molar-refractivity contribution in [1.29, 1.82) is 0 Å². The maximum atomic E-state index is 13.5. The lowest BCUT2D eigenvalue weighted by Crippen LogP contribution is -2.14. The van der Waals surface area contributed by atoms with Gasteiger partial charge in [-0.1, -0.05) is 32.4 Å². The Balaban J connectivity index is 3.40. The summed E-state index contributed by atoms with van der Waals surface area (Å²) in [5, 5.41) is 0.361. The molecular weight excluding hydrogens is 203 g/mol. The molecule has 0 radical (unpaired) electrons. The summed E-state index contributed by atoms with van der Waals surface area (Å²) >= 11 is 6.03. The summed E-state index contributed by atoms with van der Waals surface area (Å²) in [5.41, 5.74) is 0.175. The molecule has 0 aromatic heterocycles. The van der Waals surface area contributed by atoms with Crippen molar-refractivity contribution in [2.75, 3.05) is 7.11 Å². The van der Waals surface area contributed by atoms with Gasteiger partial charge in [0, 0.05) is 5.56 Å². The number of halogens is 2. The van der Waals surface area contributed by atoms with E-state index in [9.17, 15) is 4.39 Å². The van der Waals surface area contributed by atoms with Gasteiger partial charge in [0.25, 0.3) is 0 Å². The molecule has 0 unspecified atom stereocenters. The van der Waals surface area contributed by atoms with Crippen LogP contribution in [-0.4, -0.2) is 7.11 Å². The normalized spacial score (nSPS) is 11.6. The second-order valence-corrected chi connectivity index (χ2v) is 4.57. The lowest BCUT2D eigenvalue weighted by Gasteiger charge is -2.22. The smallest absolute Gasteiger partial charge is 0.137 e. The first-order chi connectivity index (χ1) is 6.38. The minimum absolute atomic E-state index is 0.289. The third-order valence-electron chi connectivity index (χ3n) is 2.03. The van der Waals surface area contributed by atoms with Gasteiger partial charge in [-0.25, -0.2) is 4.39 Å². The van der Waals surface area contributed by atoms with Gasteiger partial charge in [0.05, 0.1) is 12.1 Å². The van der Waals surface area contributed by atoms with Gasteiger partial charge < -0.3 is 4.74 Å². The molecule has 0 aliphatic carbocycles. The quantitative estimate of drug-likeness (QED) is 0.694. The van der Waals surface area contributed by atoms with Gasteiger partial charge >= 0.3 is 0 Å². The van der Waals surface area contributed by atoms with Gasteiger partial charge in [0.15, 0.2) is 0 Å². The van der Waals surface area contributed by atoms with Crippen LogP contribution in [-0.2, 0) is 5.41 Å². The third-order valence-corrected chi connectivity index (χ3v) is 2.40. The minimum Gasteiger partial charge on any atom is -0.495 e. The Morgan fingerprint density at radius 1 is 1.29 bits per heavy atom. The second-order valence-electron chi connectivity index (χ2n) is 4.19. The molecule has 14 heavy (non-hydrogen) atoms. The van der Waals surface area contributed by atoms with E-state index < -0.39 is 0 Å². The van der Waals surface area contributed by atoms with Crippen LogP contribution >= 0.6 is 11.6 Å². The van der Waals surface area contributed by atoms with Crippen LogP contribution in [0.15, 0.2) is 12.1 Å². The van der Waals surface area contributed by atoms with Crippen molar-refractivity contribution in [3.63, 3.8) is 0 Å². The van der Waals surface area contributed by atoms with Crippen LogP contribution in [0.2, 0.25) is 5.02 Å². The largest absolute Gasteiger partial charge is 0.495 e. The van der Waals surface area contributed by atoms with Crippen LogP contribution in [0.4, 0.5) is 4.39 Å². The van der Waals surface area contributed by atoms with Crippen molar-refractivity contribution in [3.8, 4) is 5.75 Å². The highest BCUT2D eigenvalue weighted by atomic mass is 35.5. The molecule has 0 N–H and O–H groups in total. The van der Waals surface area contributed by atoms with Crippen molar-refractivity contribution in [2.24, 2.45) is 0 Å². The maximum Gasteiger partial charge on any atom is 0.137 e. The summed E-state index contributed by atoms with van der Waals surface area (Å²) in [6, 6.07) is 2.91. The number of hydrogen-bond donors (Lipinski definition) is 0. The van der Waals surface area contributed by atoms with E-state index in [-0.39, 0.29) is 11.2 Å². The molecule has 0 aliphatic heterocycles. The van der Waals surface area contributed by atoms with Gasteiger partial charge in [-0.2, -0.15) is 0 Å². The van der Waals surface area contributed by atoms with E-state index in [1.165, 1.54) is 19.2 Å². The Bertz CT molecular complexity index is 342. The summed E-state index contributed by atoms with van der Waals surface area (Å²) in [4.78, 5) is 0. The monoisotopic (exact) mass is 216 g/mol. The van der Waals surface area contributed by atoms with Crippen molar-refractivity contribution >= 4 is 11.6 Å². The van der Waals surface area contributed by atoms with Crippen LogP contribution in [0.25, 0.3) is 0 Å². The highest BCUT2D eigenvalue weighted by Crippen LogP contribution is 2.37. The number of hydrogen-bond acceptors (Lipinski definition) is 1. The SMILES string of the molecule is COc1ccc(F)c(C(C)(C)C)c1Cl. The molecular formula is C11H14ClFO. The molecule has 1 nitrogen and oxygen atoms in total. The Kier molecular flexibility index (Phi) is 3.05. The fraction of sp³-hybridized carbons (Fsp3) is 0.455. The standard InChI is InChI=1S/C11H14ClFO/c1-11(2,3)9-7(13)5-6-8(14-4)10(9)12/h5-6H,1-4H3.